The van der Waals surface area contributed by atoms with Crippen LogP contribution in [0.1, 0.15) is 23.5 Å². The highest BCUT2D eigenvalue weighted by molar-refractivity contribution is 5.92. The molecule has 24 heavy (non-hydrogen) atoms. The third kappa shape index (κ3) is 4.19. The summed E-state index contributed by atoms with van der Waals surface area (Å²) in [6.45, 7) is 5.05. The van der Waals surface area contributed by atoms with E-state index in [-0.39, 0.29) is 12.0 Å². The van der Waals surface area contributed by atoms with Gasteiger partial charge in [-0.15, -0.1) is 0 Å². The van der Waals surface area contributed by atoms with Gasteiger partial charge in [-0.1, -0.05) is 30.3 Å². The van der Waals surface area contributed by atoms with Crippen molar-refractivity contribution in [3.05, 3.63) is 59.6 Å². The number of aromatic nitrogens is 2. The van der Waals surface area contributed by atoms with E-state index in [1.54, 1.807) is 6.08 Å². The highest BCUT2D eigenvalue weighted by Gasteiger charge is 2.26. The molecule has 1 aliphatic heterocycles. The Morgan fingerprint density at radius 1 is 1.25 bits per heavy atom. The van der Waals surface area contributed by atoms with E-state index >= 15 is 0 Å². The molecule has 1 saturated heterocycles. The van der Waals surface area contributed by atoms with Crippen LogP contribution in [0.5, 0.6) is 5.88 Å². The van der Waals surface area contributed by atoms with Crippen LogP contribution in [0.15, 0.2) is 42.5 Å². The highest BCUT2D eigenvalue weighted by Crippen LogP contribution is 2.18. The van der Waals surface area contributed by atoms with Crippen LogP contribution in [0, 0.1) is 13.8 Å². The lowest BCUT2D eigenvalue weighted by Gasteiger charge is -2.15. The van der Waals surface area contributed by atoms with Crippen molar-refractivity contribution < 1.29 is 9.53 Å². The first-order valence-electron chi connectivity index (χ1n) is 8.11. The molecular formula is C19H21N3O2. The minimum absolute atomic E-state index is 0.0139. The van der Waals surface area contributed by atoms with Crippen molar-refractivity contribution in [2.24, 2.45) is 0 Å². The van der Waals surface area contributed by atoms with E-state index in [1.165, 1.54) is 0 Å². The Labute approximate surface area is 142 Å². The van der Waals surface area contributed by atoms with Gasteiger partial charge in [-0.05, 0) is 25.5 Å². The first kappa shape index (κ1) is 16.2. The van der Waals surface area contributed by atoms with Gasteiger partial charge in [0.15, 0.2) is 0 Å². The maximum absolute atomic E-state index is 12.3. The summed E-state index contributed by atoms with van der Waals surface area (Å²) in [6.07, 6.45) is 4.25. The minimum Gasteiger partial charge on any atom is -0.472 e. The predicted molar refractivity (Wildman–Crippen MR) is 92.6 cm³/mol. The number of ether oxygens (including phenoxy) is 1. The number of amides is 1. The molecular weight excluding hydrogens is 302 g/mol. The van der Waals surface area contributed by atoms with Gasteiger partial charge in [0.25, 0.3) is 0 Å². The van der Waals surface area contributed by atoms with Crippen LogP contribution in [0.3, 0.4) is 0 Å². The van der Waals surface area contributed by atoms with E-state index in [9.17, 15) is 4.79 Å². The minimum atomic E-state index is -0.0206. The molecule has 1 amide bonds. The normalized spacial score (nSPS) is 17.4. The zero-order chi connectivity index (χ0) is 16.9. The molecule has 3 rings (SSSR count). The van der Waals surface area contributed by atoms with E-state index in [0.717, 1.165) is 17.7 Å². The third-order valence-electron chi connectivity index (χ3n) is 3.90. The monoisotopic (exact) mass is 323 g/mol. The van der Waals surface area contributed by atoms with Crippen LogP contribution in [-0.2, 0) is 4.79 Å². The zero-order valence-electron chi connectivity index (χ0n) is 14.0. The third-order valence-corrected chi connectivity index (χ3v) is 3.90. The number of carbonyl (C=O) groups is 1. The summed E-state index contributed by atoms with van der Waals surface area (Å²) in [6, 6.07) is 11.6. The van der Waals surface area contributed by atoms with Crippen molar-refractivity contribution in [1.29, 1.82) is 0 Å². The summed E-state index contributed by atoms with van der Waals surface area (Å²) in [5, 5.41) is 0. The Hall–Kier alpha value is -2.69. The Balaban J connectivity index is 1.56. The second-order valence-electron chi connectivity index (χ2n) is 5.95. The number of carbonyl (C=O) groups excluding carboxylic acids is 1. The van der Waals surface area contributed by atoms with Crippen LogP contribution in [0.4, 0.5) is 0 Å². The van der Waals surface area contributed by atoms with Crippen LogP contribution >= 0.6 is 0 Å². The average Bonchev–Trinajstić information content (AvgIpc) is 3.01. The molecule has 2 aromatic rings. The van der Waals surface area contributed by atoms with Crippen molar-refractivity contribution >= 4 is 12.0 Å². The Morgan fingerprint density at radius 2 is 2.04 bits per heavy atom. The largest absolute Gasteiger partial charge is 0.472 e. The number of likely N-dealkylation sites (tertiary alicyclic amines) is 1. The second kappa shape index (κ2) is 7.25. The molecule has 1 atom stereocenters. The smallest absolute Gasteiger partial charge is 0.246 e. The number of benzene rings is 1. The lowest BCUT2D eigenvalue weighted by molar-refractivity contribution is -0.125. The zero-order valence-corrected chi connectivity index (χ0v) is 14.0. The molecule has 1 aromatic heterocycles. The lowest BCUT2D eigenvalue weighted by atomic mass is 10.2. The SMILES string of the molecule is Cc1cc(O[C@H]2CCN(C(=O)/C=C/c3ccccc3)C2)nc(C)n1. The molecule has 0 spiro atoms. The van der Waals surface area contributed by atoms with E-state index in [1.807, 2.05) is 61.2 Å². The number of aryl methyl sites for hydroxylation is 2. The van der Waals surface area contributed by atoms with Gasteiger partial charge < -0.3 is 9.64 Å². The van der Waals surface area contributed by atoms with E-state index in [0.29, 0.717) is 24.8 Å². The molecule has 0 bridgehead atoms. The van der Waals surface area contributed by atoms with Crippen LogP contribution in [-0.4, -0.2) is 40.0 Å². The summed E-state index contributed by atoms with van der Waals surface area (Å²) < 4.78 is 5.91. The van der Waals surface area contributed by atoms with Crippen molar-refractivity contribution in [1.82, 2.24) is 14.9 Å². The van der Waals surface area contributed by atoms with Crippen LogP contribution < -0.4 is 4.74 Å². The van der Waals surface area contributed by atoms with Gasteiger partial charge in [-0.3, -0.25) is 4.79 Å². The summed E-state index contributed by atoms with van der Waals surface area (Å²) in [4.78, 5) is 22.6. The molecule has 124 valence electrons. The first-order chi connectivity index (χ1) is 11.6. The standard InChI is InChI=1S/C19H21N3O2/c1-14-12-18(21-15(2)20-14)24-17-10-11-22(13-17)19(23)9-8-16-6-4-3-5-7-16/h3-9,12,17H,10-11,13H2,1-2H3/b9-8+/t17-/m0/s1. The average molecular weight is 323 g/mol. The quantitative estimate of drug-likeness (QED) is 0.812. The van der Waals surface area contributed by atoms with Gasteiger partial charge in [0.1, 0.15) is 11.9 Å². The van der Waals surface area contributed by atoms with E-state index in [4.69, 9.17) is 4.74 Å². The maximum atomic E-state index is 12.3. The van der Waals surface area contributed by atoms with Gasteiger partial charge >= 0.3 is 0 Å². The van der Waals surface area contributed by atoms with Crippen LogP contribution in [0.25, 0.3) is 6.08 Å². The topological polar surface area (TPSA) is 55.3 Å². The van der Waals surface area contributed by atoms with E-state index in [2.05, 4.69) is 9.97 Å². The lowest BCUT2D eigenvalue weighted by Crippen LogP contribution is -2.29. The molecule has 1 aromatic carbocycles. The molecule has 1 fully saturated rings. The Bertz CT molecular complexity index is 723. The molecule has 0 radical (unpaired) electrons. The van der Waals surface area contributed by atoms with Crippen molar-refractivity contribution in [2.75, 3.05) is 13.1 Å². The fourth-order valence-electron chi connectivity index (χ4n) is 2.78. The van der Waals surface area contributed by atoms with Gasteiger partial charge in [-0.2, -0.15) is 4.98 Å². The van der Waals surface area contributed by atoms with Crippen LogP contribution in [0.2, 0.25) is 0 Å². The maximum Gasteiger partial charge on any atom is 0.246 e. The first-order valence-corrected chi connectivity index (χ1v) is 8.11. The summed E-state index contributed by atoms with van der Waals surface area (Å²) in [5.41, 5.74) is 1.90. The van der Waals surface area contributed by atoms with Crippen molar-refractivity contribution in [3.63, 3.8) is 0 Å². The van der Waals surface area contributed by atoms with Gasteiger partial charge in [0.05, 0.1) is 6.54 Å². The molecule has 5 nitrogen and oxygen atoms in total. The number of hydrogen-bond donors (Lipinski definition) is 0. The van der Waals surface area contributed by atoms with Gasteiger partial charge in [0, 0.05) is 30.8 Å². The number of hydrogen-bond acceptors (Lipinski definition) is 4. The fourth-order valence-corrected chi connectivity index (χ4v) is 2.78. The predicted octanol–water partition coefficient (Wildman–Crippen LogP) is 2.79. The molecule has 2 heterocycles. The highest BCUT2D eigenvalue weighted by atomic mass is 16.5. The van der Waals surface area contributed by atoms with Crippen molar-refractivity contribution in [3.8, 4) is 5.88 Å². The van der Waals surface area contributed by atoms with E-state index < -0.39 is 0 Å². The number of rotatable bonds is 4. The molecule has 0 saturated carbocycles. The molecule has 0 N–H and O–H groups in total. The van der Waals surface area contributed by atoms with Gasteiger partial charge in [0.2, 0.25) is 11.8 Å². The number of nitrogens with zero attached hydrogens (tertiary/aromatic N) is 3. The van der Waals surface area contributed by atoms with Gasteiger partial charge in [-0.25, -0.2) is 4.98 Å². The Morgan fingerprint density at radius 3 is 2.79 bits per heavy atom. The molecule has 0 aliphatic carbocycles. The molecule has 1 aliphatic rings. The second-order valence-corrected chi connectivity index (χ2v) is 5.95. The van der Waals surface area contributed by atoms with Crippen molar-refractivity contribution in [2.45, 2.75) is 26.4 Å². The fraction of sp³-hybridized carbons (Fsp3) is 0.316. The molecule has 0 unspecified atom stereocenters. The Kier molecular flexibility index (Phi) is 4.89. The summed E-state index contributed by atoms with van der Waals surface area (Å²) >= 11 is 0. The molecule has 5 heteroatoms. The summed E-state index contributed by atoms with van der Waals surface area (Å²) in [7, 11) is 0. The summed E-state index contributed by atoms with van der Waals surface area (Å²) in [5.74, 6) is 1.29.